The number of rotatable bonds is 6. The summed E-state index contributed by atoms with van der Waals surface area (Å²) in [7, 11) is 0. The lowest BCUT2D eigenvalue weighted by Gasteiger charge is -2.24. The van der Waals surface area contributed by atoms with Gasteiger partial charge in [-0.3, -0.25) is 4.79 Å². The van der Waals surface area contributed by atoms with Crippen molar-refractivity contribution in [2.45, 2.75) is 25.3 Å². The first-order valence-corrected chi connectivity index (χ1v) is 6.10. The van der Waals surface area contributed by atoms with Gasteiger partial charge in [-0.05, 0) is 12.8 Å². The van der Waals surface area contributed by atoms with Crippen molar-refractivity contribution in [1.82, 2.24) is 10.2 Å². The molecule has 0 aromatic carbocycles. The number of aliphatic carboxylic acids is 1. The van der Waals surface area contributed by atoms with Gasteiger partial charge in [0.15, 0.2) is 0 Å². The van der Waals surface area contributed by atoms with Gasteiger partial charge in [0.25, 0.3) is 0 Å². The van der Waals surface area contributed by atoms with Crippen LogP contribution in [0.25, 0.3) is 0 Å². The van der Waals surface area contributed by atoms with Crippen LogP contribution < -0.4 is 5.32 Å². The molecule has 2 unspecified atom stereocenters. The number of hydrogen-bond acceptors (Lipinski definition) is 2. The van der Waals surface area contributed by atoms with Crippen LogP contribution in [-0.4, -0.2) is 41.1 Å². The van der Waals surface area contributed by atoms with Crippen LogP contribution in [0.2, 0.25) is 0 Å². The molecule has 0 radical (unpaired) electrons. The Balaban J connectivity index is 2.58. The highest BCUT2D eigenvalue weighted by Crippen LogP contribution is 2.25. The van der Waals surface area contributed by atoms with Gasteiger partial charge >= 0.3 is 12.0 Å². The Morgan fingerprint density at radius 1 is 1.28 bits per heavy atom. The van der Waals surface area contributed by atoms with E-state index in [1.807, 2.05) is 0 Å². The van der Waals surface area contributed by atoms with E-state index < -0.39 is 11.9 Å². The van der Waals surface area contributed by atoms with Gasteiger partial charge in [0.05, 0.1) is 5.92 Å². The fraction of sp³-hybridized carbons (Fsp3) is 0.538. The van der Waals surface area contributed by atoms with Gasteiger partial charge in [-0.1, -0.05) is 18.6 Å². The smallest absolute Gasteiger partial charge is 0.318 e. The summed E-state index contributed by atoms with van der Waals surface area (Å²) >= 11 is 0. The largest absolute Gasteiger partial charge is 0.481 e. The molecule has 1 saturated carbocycles. The van der Waals surface area contributed by atoms with Crippen LogP contribution >= 0.6 is 0 Å². The fourth-order valence-corrected chi connectivity index (χ4v) is 2.23. The van der Waals surface area contributed by atoms with Crippen LogP contribution in [0.1, 0.15) is 19.3 Å². The normalized spacial score (nSPS) is 22.2. The first kappa shape index (κ1) is 14.3. The third kappa shape index (κ3) is 3.61. The Morgan fingerprint density at radius 2 is 1.89 bits per heavy atom. The second-order valence-corrected chi connectivity index (χ2v) is 4.41. The van der Waals surface area contributed by atoms with E-state index in [1.165, 1.54) is 4.90 Å². The SMILES string of the molecule is C=CCN(CC=C)C(=O)NC1CCCC1C(=O)O. The number of urea groups is 1. The first-order chi connectivity index (χ1) is 8.60. The lowest BCUT2D eigenvalue weighted by atomic mass is 10.0. The molecule has 0 heterocycles. The highest BCUT2D eigenvalue weighted by molar-refractivity contribution is 5.77. The Bertz CT molecular complexity index is 331. The van der Waals surface area contributed by atoms with Gasteiger partial charge in [-0.2, -0.15) is 0 Å². The van der Waals surface area contributed by atoms with Gasteiger partial charge in [0, 0.05) is 19.1 Å². The molecule has 100 valence electrons. The molecule has 18 heavy (non-hydrogen) atoms. The van der Waals surface area contributed by atoms with E-state index in [9.17, 15) is 9.59 Å². The second-order valence-electron chi connectivity index (χ2n) is 4.41. The Kier molecular flexibility index (Phi) is 5.42. The fourth-order valence-electron chi connectivity index (χ4n) is 2.23. The lowest BCUT2D eigenvalue weighted by molar-refractivity contribution is -0.142. The quantitative estimate of drug-likeness (QED) is 0.706. The summed E-state index contributed by atoms with van der Waals surface area (Å²) in [6, 6.07) is -0.528. The minimum absolute atomic E-state index is 0.257. The third-order valence-electron chi connectivity index (χ3n) is 3.13. The topological polar surface area (TPSA) is 69.6 Å². The van der Waals surface area contributed by atoms with Crippen molar-refractivity contribution in [3.8, 4) is 0 Å². The zero-order valence-corrected chi connectivity index (χ0v) is 10.5. The summed E-state index contributed by atoms with van der Waals surface area (Å²) in [5.74, 6) is -1.31. The predicted octanol–water partition coefficient (Wildman–Crippen LogP) is 1.62. The molecule has 1 rings (SSSR count). The molecule has 5 heteroatoms. The number of carbonyl (C=O) groups is 2. The van der Waals surface area contributed by atoms with Crippen molar-refractivity contribution < 1.29 is 14.7 Å². The van der Waals surface area contributed by atoms with Gasteiger partial charge in [0.1, 0.15) is 0 Å². The third-order valence-corrected chi connectivity index (χ3v) is 3.13. The summed E-state index contributed by atoms with van der Waals surface area (Å²) < 4.78 is 0. The molecule has 2 atom stereocenters. The molecular formula is C13H20N2O3. The van der Waals surface area contributed by atoms with Crippen molar-refractivity contribution in [3.05, 3.63) is 25.3 Å². The van der Waals surface area contributed by atoms with Crippen molar-refractivity contribution in [2.24, 2.45) is 5.92 Å². The van der Waals surface area contributed by atoms with E-state index in [0.717, 1.165) is 12.8 Å². The molecule has 1 aliphatic carbocycles. The summed E-state index contributed by atoms with van der Waals surface area (Å²) in [5.41, 5.74) is 0. The molecule has 2 amide bonds. The molecule has 0 spiro atoms. The molecule has 0 saturated heterocycles. The molecule has 1 fully saturated rings. The summed E-state index contributed by atoms with van der Waals surface area (Å²) in [4.78, 5) is 24.5. The summed E-state index contributed by atoms with van der Waals surface area (Å²) in [5, 5.41) is 11.8. The Labute approximate surface area is 107 Å². The van der Waals surface area contributed by atoms with Crippen molar-refractivity contribution in [1.29, 1.82) is 0 Å². The van der Waals surface area contributed by atoms with E-state index in [0.29, 0.717) is 19.5 Å². The maximum absolute atomic E-state index is 12.0. The van der Waals surface area contributed by atoms with Gasteiger partial charge < -0.3 is 15.3 Å². The summed E-state index contributed by atoms with van der Waals surface area (Å²) in [6.07, 6.45) is 5.45. The average molecular weight is 252 g/mol. The molecular weight excluding hydrogens is 232 g/mol. The molecule has 0 aliphatic heterocycles. The van der Waals surface area contributed by atoms with E-state index in [1.54, 1.807) is 12.2 Å². The minimum Gasteiger partial charge on any atom is -0.481 e. The van der Waals surface area contributed by atoms with Crippen LogP contribution in [0.15, 0.2) is 25.3 Å². The maximum atomic E-state index is 12.0. The van der Waals surface area contributed by atoms with Gasteiger partial charge in [-0.15, -0.1) is 13.2 Å². The molecule has 0 bridgehead atoms. The molecule has 1 aliphatic rings. The van der Waals surface area contributed by atoms with Crippen molar-refractivity contribution >= 4 is 12.0 Å². The van der Waals surface area contributed by atoms with E-state index in [-0.39, 0.29) is 12.1 Å². The van der Waals surface area contributed by atoms with Crippen LogP contribution in [0, 0.1) is 5.92 Å². The molecule has 0 aromatic heterocycles. The number of amides is 2. The van der Waals surface area contributed by atoms with Gasteiger partial charge in [0.2, 0.25) is 0 Å². The van der Waals surface area contributed by atoms with E-state index in [2.05, 4.69) is 18.5 Å². The average Bonchev–Trinajstić information content (AvgIpc) is 2.77. The van der Waals surface area contributed by atoms with Crippen LogP contribution in [0.4, 0.5) is 4.79 Å². The monoisotopic (exact) mass is 252 g/mol. The first-order valence-electron chi connectivity index (χ1n) is 6.10. The number of carbonyl (C=O) groups excluding carboxylic acids is 1. The van der Waals surface area contributed by atoms with Crippen molar-refractivity contribution in [2.75, 3.05) is 13.1 Å². The summed E-state index contributed by atoms with van der Waals surface area (Å²) in [6.45, 7) is 8.02. The molecule has 0 aromatic rings. The zero-order valence-electron chi connectivity index (χ0n) is 10.5. The van der Waals surface area contributed by atoms with Gasteiger partial charge in [-0.25, -0.2) is 4.79 Å². The highest BCUT2D eigenvalue weighted by Gasteiger charge is 2.34. The van der Waals surface area contributed by atoms with Crippen LogP contribution in [0.5, 0.6) is 0 Å². The lowest BCUT2D eigenvalue weighted by Crippen LogP contribution is -2.47. The zero-order chi connectivity index (χ0) is 13.5. The second kappa shape index (κ2) is 6.83. The number of nitrogens with one attached hydrogen (secondary N) is 1. The molecule has 5 nitrogen and oxygen atoms in total. The Morgan fingerprint density at radius 3 is 2.39 bits per heavy atom. The molecule has 2 N–H and O–H groups in total. The predicted molar refractivity (Wildman–Crippen MR) is 69.3 cm³/mol. The highest BCUT2D eigenvalue weighted by atomic mass is 16.4. The van der Waals surface area contributed by atoms with E-state index >= 15 is 0 Å². The maximum Gasteiger partial charge on any atom is 0.318 e. The van der Waals surface area contributed by atoms with Crippen LogP contribution in [-0.2, 0) is 4.79 Å². The standard InChI is InChI=1S/C13H20N2O3/c1-3-8-15(9-4-2)13(18)14-11-7-5-6-10(11)12(16)17/h3-4,10-11H,1-2,5-9H2,(H,14,18)(H,16,17). The number of carboxylic acid groups (broad SMARTS) is 1. The Hall–Kier alpha value is -1.78. The van der Waals surface area contributed by atoms with E-state index in [4.69, 9.17) is 5.11 Å². The number of hydrogen-bond donors (Lipinski definition) is 2. The van der Waals surface area contributed by atoms with Crippen molar-refractivity contribution in [3.63, 3.8) is 0 Å². The van der Waals surface area contributed by atoms with Crippen LogP contribution in [0.3, 0.4) is 0 Å². The number of nitrogens with zero attached hydrogens (tertiary/aromatic N) is 1. The number of carboxylic acids is 1. The minimum atomic E-state index is -0.836.